The van der Waals surface area contributed by atoms with Crippen LogP contribution in [0.5, 0.6) is 0 Å². The van der Waals surface area contributed by atoms with Crippen LogP contribution in [0.4, 0.5) is 0 Å². The number of rotatable bonds is 16. The molecule has 0 aliphatic rings. The summed E-state index contributed by atoms with van der Waals surface area (Å²) in [6, 6.07) is 0. The molecule has 0 unspecified atom stereocenters. The van der Waals surface area contributed by atoms with Crippen LogP contribution in [0.15, 0.2) is 12.2 Å². The van der Waals surface area contributed by atoms with Gasteiger partial charge < -0.3 is 22.1 Å². The van der Waals surface area contributed by atoms with Crippen molar-refractivity contribution < 1.29 is 15.0 Å². The molecule has 0 aliphatic carbocycles. The largest absolute Gasteiger partial charge is 0.481 e. The van der Waals surface area contributed by atoms with E-state index in [9.17, 15) is 9.90 Å². The van der Waals surface area contributed by atoms with E-state index in [2.05, 4.69) is 12.2 Å². The quantitative estimate of drug-likeness (QED) is 0.250. The first-order valence-corrected chi connectivity index (χ1v) is 8.91. The molecular formula is C18H38N2O3. The summed E-state index contributed by atoms with van der Waals surface area (Å²) in [4.78, 5) is 10.3. The van der Waals surface area contributed by atoms with E-state index in [0.717, 1.165) is 70.8 Å². The van der Waals surface area contributed by atoms with Gasteiger partial charge in [-0.2, -0.15) is 0 Å². The number of hydrogen-bond acceptors (Lipinski definition) is 4. The summed E-state index contributed by atoms with van der Waals surface area (Å²) in [6.45, 7) is 0.769. The van der Waals surface area contributed by atoms with Crippen LogP contribution >= 0.6 is 0 Å². The molecule has 0 saturated heterocycles. The van der Waals surface area contributed by atoms with Gasteiger partial charge in [0.1, 0.15) is 0 Å². The van der Waals surface area contributed by atoms with Gasteiger partial charge in [0.2, 0.25) is 0 Å². The van der Waals surface area contributed by atoms with Gasteiger partial charge >= 0.3 is 5.97 Å². The molecule has 0 aromatic carbocycles. The van der Waals surface area contributed by atoms with Gasteiger partial charge in [-0.1, -0.05) is 50.7 Å². The lowest BCUT2D eigenvalue weighted by Gasteiger charge is -2.07. The second-order valence-corrected chi connectivity index (χ2v) is 6.05. The molecule has 0 amide bonds. The van der Waals surface area contributed by atoms with E-state index in [1.807, 2.05) is 0 Å². The molecule has 0 aromatic rings. The molecule has 0 rings (SSSR count). The predicted octanol–water partition coefficient (Wildman–Crippen LogP) is 4.18. The van der Waals surface area contributed by atoms with Crippen LogP contribution in [-0.2, 0) is 4.79 Å². The topological polar surface area (TPSA) is 119 Å². The van der Waals surface area contributed by atoms with Crippen molar-refractivity contribution >= 4 is 5.97 Å². The van der Waals surface area contributed by atoms with Crippen molar-refractivity contribution in [1.29, 1.82) is 0 Å². The molecule has 138 valence electrons. The van der Waals surface area contributed by atoms with Gasteiger partial charge in [-0.15, -0.1) is 0 Å². The number of allylic oxidation sites excluding steroid dienone is 1. The third kappa shape index (κ3) is 21.1. The average Bonchev–Trinajstić information content (AvgIpc) is 2.48. The molecule has 23 heavy (non-hydrogen) atoms. The zero-order chi connectivity index (χ0) is 16.5. The fraction of sp³-hybridized carbons (Fsp3) is 0.833. The van der Waals surface area contributed by atoms with Gasteiger partial charge in [-0.3, -0.25) is 4.79 Å². The van der Waals surface area contributed by atoms with Crippen molar-refractivity contribution in [1.82, 2.24) is 6.15 Å². The Hall–Kier alpha value is -0.910. The van der Waals surface area contributed by atoms with Gasteiger partial charge in [0.15, 0.2) is 0 Å². The van der Waals surface area contributed by atoms with E-state index in [1.165, 1.54) is 12.8 Å². The Bertz CT molecular complexity index is 283. The molecular weight excluding hydrogens is 292 g/mol. The highest BCUT2D eigenvalue weighted by Crippen LogP contribution is 2.10. The fourth-order valence-electron chi connectivity index (χ4n) is 2.44. The number of nitrogens with two attached hydrogens (primary N) is 1. The number of aliphatic hydroxyl groups excluding tert-OH is 1. The van der Waals surface area contributed by atoms with Crippen molar-refractivity contribution in [2.75, 3.05) is 6.54 Å². The maximum atomic E-state index is 10.3. The summed E-state index contributed by atoms with van der Waals surface area (Å²) in [5.74, 6) is -0.694. The minimum atomic E-state index is -0.694. The molecule has 5 heteroatoms. The average molecular weight is 331 g/mol. The monoisotopic (exact) mass is 330 g/mol. The van der Waals surface area contributed by atoms with Crippen LogP contribution in [0.25, 0.3) is 0 Å². The Balaban J connectivity index is 0. The molecule has 0 radical (unpaired) electrons. The van der Waals surface area contributed by atoms with Gasteiger partial charge in [0, 0.05) is 6.42 Å². The van der Waals surface area contributed by atoms with E-state index in [1.54, 1.807) is 0 Å². The summed E-state index contributed by atoms with van der Waals surface area (Å²) in [6.07, 6.45) is 16.8. The van der Waals surface area contributed by atoms with Crippen LogP contribution in [0.1, 0.15) is 83.5 Å². The fourth-order valence-corrected chi connectivity index (χ4v) is 2.44. The van der Waals surface area contributed by atoms with Crippen molar-refractivity contribution in [3.8, 4) is 0 Å². The molecule has 7 N–H and O–H groups in total. The molecule has 1 atom stereocenters. The van der Waals surface area contributed by atoms with Gasteiger partial charge in [0.05, 0.1) is 6.10 Å². The molecule has 0 aliphatic heterocycles. The first-order valence-electron chi connectivity index (χ1n) is 8.91. The first kappa shape index (κ1) is 24.3. The Labute approximate surface area is 141 Å². The van der Waals surface area contributed by atoms with E-state index in [0.29, 0.717) is 6.42 Å². The zero-order valence-corrected chi connectivity index (χ0v) is 14.7. The Morgan fingerprint density at radius 1 is 0.913 bits per heavy atom. The van der Waals surface area contributed by atoms with Crippen LogP contribution in [0, 0.1) is 0 Å². The molecule has 0 fully saturated rings. The van der Waals surface area contributed by atoms with Crippen LogP contribution < -0.4 is 11.9 Å². The van der Waals surface area contributed by atoms with Crippen LogP contribution in [0.3, 0.4) is 0 Å². The summed E-state index contributed by atoms with van der Waals surface area (Å²) < 4.78 is 0. The maximum Gasteiger partial charge on any atom is 0.303 e. The molecule has 0 saturated carbocycles. The highest BCUT2D eigenvalue weighted by molar-refractivity contribution is 5.66. The normalized spacial score (nSPS) is 12.3. The molecule has 0 spiro atoms. The van der Waals surface area contributed by atoms with Crippen molar-refractivity contribution in [3.63, 3.8) is 0 Å². The first-order chi connectivity index (χ1) is 10.7. The van der Waals surface area contributed by atoms with E-state index in [-0.39, 0.29) is 12.3 Å². The lowest BCUT2D eigenvalue weighted by atomic mass is 10.1. The minimum Gasteiger partial charge on any atom is -0.481 e. The zero-order valence-electron chi connectivity index (χ0n) is 14.7. The van der Waals surface area contributed by atoms with E-state index >= 15 is 0 Å². The van der Waals surface area contributed by atoms with Crippen molar-refractivity contribution in [2.24, 2.45) is 5.73 Å². The van der Waals surface area contributed by atoms with E-state index in [4.69, 9.17) is 10.8 Å². The summed E-state index contributed by atoms with van der Waals surface area (Å²) in [5.41, 5.74) is 5.44. The van der Waals surface area contributed by atoms with E-state index < -0.39 is 5.97 Å². The number of unbranched alkanes of at least 4 members (excludes halogenated alkanes) is 8. The van der Waals surface area contributed by atoms with Crippen LogP contribution in [0.2, 0.25) is 0 Å². The van der Waals surface area contributed by atoms with Crippen molar-refractivity contribution in [2.45, 2.75) is 89.6 Å². The summed E-state index contributed by atoms with van der Waals surface area (Å²) >= 11 is 0. The molecule has 0 aromatic heterocycles. The molecule has 0 heterocycles. The second-order valence-electron chi connectivity index (χ2n) is 6.05. The number of aliphatic hydroxyl groups is 1. The number of aliphatic carboxylic acids is 1. The number of carbonyl (C=O) groups is 1. The standard InChI is InChI=1S/C18H35NO3.H3N/c19-16-12-8-7-10-14-17(20)13-9-5-3-1-2-4-6-11-15-18(21)22;/h5,9,17,20H,1-4,6-8,10-16,19H2,(H,21,22);1H3/b9-5-;/t17-;/m0./s1. The number of hydrogen-bond donors (Lipinski definition) is 4. The van der Waals surface area contributed by atoms with Gasteiger partial charge in [-0.05, 0) is 45.1 Å². The lowest BCUT2D eigenvalue weighted by molar-refractivity contribution is -0.137. The minimum absolute atomic E-state index is 0. The molecule has 0 bridgehead atoms. The summed E-state index contributed by atoms with van der Waals surface area (Å²) in [7, 11) is 0. The molecule has 5 nitrogen and oxygen atoms in total. The van der Waals surface area contributed by atoms with Crippen molar-refractivity contribution in [3.05, 3.63) is 12.2 Å². The number of carboxylic acid groups (broad SMARTS) is 1. The van der Waals surface area contributed by atoms with Crippen LogP contribution in [-0.4, -0.2) is 28.8 Å². The smallest absolute Gasteiger partial charge is 0.303 e. The lowest BCUT2D eigenvalue weighted by Crippen LogP contribution is -2.04. The highest BCUT2D eigenvalue weighted by Gasteiger charge is 2.01. The Morgan fingerprint density at radius 2 is 1.52 bits per heavy atom. The highest BCUT2D eigenvalue weighted by atomic mass is 16.4. The predicted molar refractivity (Wildman–Crippen MR) is 96.9 cm³/mol. The van der Waals surface area contributed by atoms with Gasteiger partial charge in [0.25, 0.3) is 0 Å². The Kier molecular flexibility index (Phi) is 20.3. The third-order valence-corrected chi connectivity index (χ3v) is 3.83. The SMILES string of the molecule is N.NCCCCCC[C@@H](O)C/C=C\CCCCCCCC(=O)O. The Morgan fingerprint density at radius 3 is 2.22 bits per heavy atom. The number of carboxylic acids is 1. The van der Waals surface area contributed by atoms with Gasteiger partial charge in [-0.25, -0.2) is 0 Å². The third-order valence-electron chi connectivity index (χ3n) is 3.83. The summed E-state index contributed by atoms with van der Waals surface area (Å²) in [5, 5.41) is 18.3. The maximum absolute atomic E-state index is 10.3. The second kappa shape index (κ2) is 19.1.